The predicted molar refractivity (Wildman–Crippen MR) is 92.6 cm³/mol. The zero-order valence-electron chi connectivity index (χ0n) is 12.6. The Balaban J connectivity index is 2.13. The summed E-state index contributed by atoms with van der Waals surface area (Å²) in [6.45, 7) is 1.90. The van der Waals surface area contributed by atoms with Crippen LogP contribution in [0.3, 0.4) is 0 Å². The van der Waals surface area contributed by atoms with Gasteiger partial charge in [-0.05, 0) is 18.6 Å². The van der Waals surface area contributed by atoms with Crippen LogP contribution in [0.15, 0.2) is 34.4 Å². The first kappa shape index (κ1) is 15.2. The highest BCUT2D eigenvalue weighted by Gasteiger charge is 2.21. The molecule has 1 unspecified atom stereocenters. The highest BCUT2D eigenvalue weighted by atomic mass is 32.2. The van der Waals surface area contributed by atoms with Gasteiger partial charge in [-0.15, -0.1) is 11.8 Å². The molecule has 0 saturated carbocycles. The van der Waals surface area contributed by atoms with Crippen molar-refractivity contribution in [2.75, 3.05) is 18.6 Å². The Labute approximate surface area is 136 Å². The van der Waals surface area contributed by atoms with E-state index in [0.717, 1.165) is 27.7 Å². The Bertz CT molecular complexity index is 789. The summed E-state index contributed by atoms with van der Waals surface area (Å²) in [5.74, 6) is 1.54. The van der Waals surface area contributed by atoms with Gasteiger partial charge in [0.2, 0.25) is 5.16 Å². The number of thioether (sulfide) groups is 1. The average molecular weight is 332 g/mol. The van der Waals surface area contributed by atoms with Gasteiger partial charge in [0.15, 0.2) is 0 Å². The third-order valence-corrected chi connectivity index (χ3v) is 5.08. The molecule has 1 aliphatic heterocycles. The largest absolute Gasteiger partial charge is 0.372 e. The SMILES string of the molecule is CNc1nc(S(C)=O)nc(C)c1C1=Nc2ccccc2CS1. The fraction of sp³-hybridized carbons (Fsp3) is 0.267. The van der Waals surface area contributed by atoms with Crippen molar-refractivity contribution in [1.29, 1.82) is 0 Å². The Morgan fingerprint density at radius 3 is 2.77 bits per heavy atom. The summed E-state index contributed by atoms with van der Waals surface area (Å²) in [4.78, 5) is 13.5. The van der Waals surface area contributed by atoms with Crippen molar-refractivity contribution in [3.05, 3.63) is 41.1 Å². The van der Waals surface area contributed by atoms with Crippen molar-refractivity contribution in [2.24, 2.45) is 4.99 Å². The van der Waals surface area contributed by atoms with Crippen molar-refractivity contribution in [1.82, 2.24) is 9.97 Å². The number of aryl methyl sites for hydroxylation is 1. The number of rotatable bonds is 3. The number of hydrogen-bond donors (Lipinski definition) is 1. The standard InChI is InChI=1S/C15H16N4OS2/c1-9-12(13(16-2)19-15(17-9)22(3)20)14-18-11-7-5-4-6-10(11)8-21-14/h4-7H,8H2,1-3H3,(H,16,17,19). The molecule has 3 rings (SSSR count). The van der Waals surface area contributed by atoms with E-state index in [2.05, 4.69) is 21.4 Å². The minimum absolute atomic E-state index is 0.340. The van der Waals surface area contributed by atoms with Gasteiger partial charge in [0.25, 0.3) is 0 Å². The summed E-state index contributed by atoms with van der Waals surface area (Å²) in [6.07, 6.45) is 1.58. The topological polar surface area (TPSA) is 67.2 Å². The lowest BCUT2D eigenvalue weighted by molar-refractivity contribution is 0.679. The molecular formula is C15H16N4OS2. The average Bonchev–Trinajstić information content (AvgIpc) is 2.53. The van der Waals surface area contributed by atoms with E-state index in [4.69, 9.17) is 4.99 Å². The molecule has 0 saturated heterocycles. The number of para-hydroxylation sites is 1. The number of benzene rings is 1. The summed E-state index contributed by atoms with van der Waals surface area (Å²) in [6, 6.07) is 8.12. The van der Waals surface area contributed by atoms with E-state index in [1.807, 2.05) is 25.1 Å². The van der Waals surface area contributed by atoms with E-state index in [0.29, 0.717) is 11.0 Å². The van der Waals surface area contributed by atoms with Crippen molar-refractivity contribution in [3.8, 4) is 0 Å². The van der Waals surface area contributed by atoms with Crippen molar-refractivity contribution in [2.45, 2.75) is 17.8 Å². The number of anilines is 1. The van der Waals surface area contributed by atoms with Crippen molar-refractivity contribution >= 4 is 39.1 Å². The van der Waals surface area contributed by atoms with E-state index in [1.54, 1.807) is 25.1 Å². The fourth-order valence-corrected chi connectivity index (χ4v) is 3.84. The van der Waals surface area contributed by atoms with E-state index in [1.165, 1.54) is 5.56 Å². The normalized spacial score (nSPS) is 15.0. The lowest BCUT2D eigenvalue weighted by atomic mass is 10.2. The molecule has 1 aromatic heterocycles. The molecule has 0 bridgehead atoms. The summed E-state index contributed by atoms with van der Waals surface area (Å²) in [5.41, 5.74) is 3.89. The van der Waals surface area contributed by atoms with Crippen LogP contribution in [0.25, 0.3) is 0 Å². The number of nitrogens with zero attached hydrogens (tertiary/aromatic N) is 3. The number of aliphatic imine (C=N–C) groups is 1. The van der Waals surface area contributed by atoms with Crippen molar-refractivity contribution < 1.29 is 4.21 Å². The molecule has 0 radical (unpaired) electrons. The first-order valence-corrected chi connectivity index (χ1v) is 9.34. The zero-order chi connectivity index (χ0) is 15.7. The Morgan fingerprint density at radius 2 is 2.05 bits per heavy atom. The van der Waals surface area contributed by atoms with Crippen LogP contribution in [0.5, 0.6) is 0 Å². The maximum atomic E-state index is 11.6. The molecule has 0 amide bonds. The lowest BCUT2D eigenvalue weighted by Crippen LogP contribution is -2.13. The van der Waals surface area contributed by atoms with E-state index >= 15 is 0 Å². The van der Waals surface area contributed by atoms with Crippen LogP contribution in [0.1, 0.15) is 16.8 Å². The summed E-state index contributed by atoms with van der Waals surface area (Å²) in [7, 11) is 0.592. The molecule has 7 heteroatoms. The first-order valence-electron chi connectivity index (χ1n) is 6.79. The molecular weight excluding hydrogens is 316 g/mol. The summed E-state index contributed by atoms with van der Waals surface area (Å²) in [5, 5.41) is 4.31. The molecule has 0 fully saturated rings. The second-order valence-electron chi connectivity index (χ2n) is 4.85. The van der Waals surface area contributed by atoms with E-state index < -0.39 is 10.8 Å². The van der Waals surface area contributed by atoms with Gasteiger partial charge in [0.05, 0.1) is 27.7 Å². The van der Waals surface area contributed by atoms with Gasteiger partial charge in [-0.3, -0.25) is 4.21 Å². The lowest BCUT2D eigenvalue weighted by Gasteiger charge is -2.18. The van der Waals surface area contributed by atoms with Gasteiger partial charge in [-0.1, -0.05) is 18.2 Å². The van der Waals surface area contributed by atoms with E-state index in [9.17, 15) is 4.21 Å². The van der Waals surface area contributed by atoms with Crippen LogP contribution < -0.4 is 5.32 Å². The third kappa shape index (κ3) is 2.78. The molecule has 114 valence electrons. The monoisotopic (exact) mass is 332 g/mol. The molecule has 1 aromatic carbocycles. The maximum absolute atomic E-state index is 11.6. The number of hydrogen-bond acceptors (Lipinski definition) is 6. The van der Waals surface area contributed by atoms with Crippen LogP contribution >= 0.6 is 11.8 Å². The minimum atomic E-state index is -1.21. The van der Waals surface area contributed by atoms with Crippen LogP contribution in [-0.4, -0.2) is 32.5 Å². The molecule has 22 heavy (non-hydrogen) atoms. The fourth-order valence-electron chi connectivity index (χ4n) is 2.27. The Kier molecular flexibility index (Phi) is 4.26. The molecule has 2 aromatic rings. The maximum Gasteiger partial charge on any atom is 0.220 e. The van der Waals surface area contributed by atoms with Gasteiger partial charge < -0.3 is 5.32 Å². The predicted octanol–water partition coefficient (Wildman–Crippen LogP) is 2.89. The Morgan fingerprint density at radius 1 is 1.27 bits per heavy atom. The third-order valence-electron chi connectivity index (χ3n) is 3.36. The van der Waals surface area contributed by atoms with Crippen LogP contribution in [0.4, 0.5) is 11.5 Å². The van der Waals surface area contributed by atoms with Gasteiger partial charge >= 0.3 is 0 Å². The zero-order valence-corrected chi connectivity index (χ0v) is 14.2. The number of nitrogens with one attached hydrogen (secondary N) is 1. The van der Waals surface area contributed by atoms with Gasteiger partial charge in [0.1, 0.15) is 10.9 Å². The summed E-state index contributed by atoms with van der Waals surface area (Å²) < 4.78 is 11.6. The smallest absolute Gasteiger partial charge is 0.220 e. The second kappa shape index (κ2) is 6.18. The minimum Gasteiger partial charge on any atom is -0.372 e. The molecule has 1 aliphatic rings. The Hall–Kier alpha value is -1.73. The number of aromatic nitrogens is 2. The van der Waals surface area contributed by atoms with Crippen LogP contribution in [0, 0.1) is 6.92 Å². The molecule has 1 atom stereocenters. The number of fused-ring (bicyclic) bond motifs is 1. The van der Waals surface area contributed by atoms with Crippen LogP contribution in [0.2, 0.25) is 0 Å². The van der Waals surface area contributed by atoms with Crippen LogP contribution in [-0.2, 0) is 16.6 Å². The first-order chi connectivity index (χ1) is 10.6. The molecule has 2 heterocycles. The highest BCUT2D eigenvalue weighted by molar-refractivity contribution is 8.13. The second-order valence-corrected chi connectivity index (χ2v) is 7.09. The van der Waals surface area contributed by atoms with Gasteiger partial charge in [0, 0.05) is 19.1 Å². The van der Waals surface area contributed by atoms with Gasteiger partial charge in [-0.2, -0.15) is 0 Å². The van der Waals surface area contributed by atoms with Crippen molar-refractivity contribution in [3.63, 3.8) is 0 Å². The summed E-state index contributed by atoms with van der Waals surface area (Å²) >= 11 is 1.67. The quantitative estimate of drug-likeness (QED) is 0.876. The highest BCUT2D eigenvalue weighted by Crippen LogP contribution is 2.35. The van der Waals surface area contributed by atoms with Gasteiger partial charge in [-0.25, -0.2) is 15.0 Å². The molecule has 0 spiro atoms. The molecule has 5 nitrogen and oxygen atoms in total. The molecule has 0 aliphatic carbocycles. The van der Waals surface area contributed by atoms with E-state index in [-0.39, 0.29) is 0 Å². The molecule has 1 N–H and O–H groups in total.